The lowest BCUT2D eigenvalue weighted by Gasteiger charge is -2.38. The normalized spacial score (nSPS) is 20.3. The number of likely N-dealkylation sites (N-methyl/N-ethyl adjacent to an activating group) is 1. The van der Waals surface area contributed by atoms with Crippen LogP contribution in [0, 0.1) is 6.92 Å². The molecule has 1 fully saturated rings. The standard InChI is InChI=1S/C19H26N4O3/c1-12-4-5-14-13(8-12)9-16(21-14)19(25)22-15-6-7-23(10-17(15)20-2)18(24)11-26-3/h4-5,8-9,15,17,20-21H,6-7,10-11H2,1-3H3,(H,22,25)/t15?,17-/m1/s1. The van der Waals surface area contributed by atoms with Crippen LogP contribution >= 0.6 is 0 Å². The molecule has 7 nitrogen and oxygen atoms in total. The number of likely N-dealkylation sites (tertiary alicyclic amines) is 1. The topological polar surface area (TPSA) is 86.5 Å². The molecule has 140 valence electrons. The average Bonchev–Trinajstić information content (AvgIpc) is 3.05. The number of aryl methyl sites for hydroxylation is 1. The van der Waals surface area contributed by atoms with Gasteiger partial charge in [-0.15, -0.1) is 0 Å². The highest BCUT2D eigenvalue weighted by Crippen LogP contribution is 2.18. The Morgan fingerprint density at radius 3 is 2.85 bits per heavy atom. The lowest BCUT2D eigenvalue weighted by atomic mass is 9.99. The summed E-state index contributed by atoms with van der Waals surface area (Å²) in [6.45, 7) is 3.27. The third-order valence-electron chi connectivity index (χ3n) is 4.94. The molecule has 2 aromatic rings. The Labute approximate surface area is 153 Å². The Hall–Kier alpha value is -2.38. The number of ether oxygens (including phenoxy) is 1. The lowest BCUT2D eigenvalue weighted by Crippen LogP contribution is -2.60. The van der Waals surface area contributed by atoms with E-state index < -0.39 is 0 Å². The molecule has 2 amide bonds. The molecule has 2 heterocycles. The van der Waals surface area contributed by atoms with Crippen molar-refractivity contribution in [1.82, 2.24) is 20.5 Å². The fraction of sp³-hybridized carbons (Fsp3) is 0.474. The molecule has 1 saturated heterocycles. The molecule has 0 spiro atoms. The molecule has 2 atom stereocenters. The Kier molecular flexibility index (Phi) is 5.58. The molecule has 7 heteroatoms. The molecule has 1 aliphatic heterocycles. The van der Waals surface area contributed by atoms with Crippen LogP contribution in [0.15, 0.2) is 24.3 Å². The van der Waals surface area contributed by atoms with Crippen LogP contribution < -0.4 is 10.6 Å². The summed E-state index contributed by atoms with van der Waals surface area (Å²) in [5.74, 6) is -0.149. The zero-order valence-corrected chi connectivity index (χ0v) is 15.5. The number of nitrogens with zero attached hydrogens (tertiary/aromatic N) is 1. The summed E-state index contributed by atoms with van der Waals surface area (Å²) in [5, 5.41) is 7.34. The predicted octanol–water partition coefficient (Wildman–Crippen LogP) is 1.04. The summed E-state index contributed by atoms with van der Waals surface area (Å²) in [6.07, 6.45) is 0.700. The zero-order chi connectivity index (χ0) is 18.7. The quantitative estimate of drug-likeness (QED) is 0.745. The molecule has 1 aromatic heterocycles. The summed E-state index contributed by atoms with van der Waals surface area (Å²) in [5.41, 5.74) is 2.66. The van der Waals surface area contributed by atoms with Gasteiger partial charge in [-0.25, -0.2) is 0 Å². The Morgan fingerprint density at radius 1 is 1.31 bits per heavy atom. The highest BCUT2D eigenvalue weighted by molar-refractivity contribution is 5.98. The largest absolute Gasteiger partial charge is 0.375 e. The highest BCUT2D eigenvalue weighted by Gasteiger charge is 2.31. The Morgan fingerprint density at radius 2 is 2.12 bits per heavy atom. The molecular weight excluding hydrogens is 332 g/mol. The molecule has 0 saturated carbocycles. The van der Waals surface area contributed by atoms with E-state index in [1.807, 2.05) is 32.2 Å². The van der Waals surface area contributed by atoms with E-state index in [2.05, 4.69) is 21.7 Å². The van der Waals surface area contributed by atoms with Crippen molar-refractivity contribution in [3.05, 3.63) is 35.5 Å². The van der Waals surface area contributed by atoms with Crippen LogP contribution in [0.4, 0.5) is 0 Å². The van der Waals surface area contributed by atoms with E-state index in [1.54, 1.807) is 4.90 Å². The molecule has 1 aliphatic rings. The third-order valence-corrected chi connectivity index (χ3v) is 4.94. The molecule has 0 radical (unpaired) electrons. The summed E-state index contributed by atoms with van der Waals surface area (Å²) in [7, 11) is 3.36. The number of aromatic amines is 1. The van der Waals surface area contributed by atoms with Crippen molar-refractivity contribution in [1.29, 1.82) is 0 Å². The van der Waals surface area contributed by atoms with Crippen molar-refractivity contribution in [3.8, 4) is 0 Å². The van der Waals surface area contributed by atoms with E-state index in [9.17, 15) is 9.59 Å². The van der Waals surface area contributed by atoms with Crippen molar-refractivity contribution < 1.29 is 14.3 Å². The number of piperidine rings is 1. The number of methoxy groups -OCH3 is 1. The summed E-state index contributed by atoms with van der Waals surface area (Å²) in [4.78, 5) is 29.6. The number of rotatable bonds is 5. The number of carbonyl (C=O) groups is 2. The maximum Gasteiger partial charge on any atom is 0.268 e. The molecule has 0 bridgehead atoms. The fourth-order valence-electron chi connectivity index (χ4n) is 3.48. The second-order valence-corrected chi connectivity index (χ2v) is 6.81. The minimum Gasteiger partial charge on any atom is -0.375 e. The number of fused-ring (bicyclic) bond motifs is 1. The molecule has 0 aliphatic carbocycles. The number of carbonyl (C=O) groups excluding carboxylic acids is 2. The lowest BCUT2D eigenvalue weighted by molar-refractivity contribution is -0.136. The van der Waals surface area contributed by atoms with Gasteiger partial charge in [-0.1, -0.05) is 11.6 Å². The van der Waals surface area contributed by atoms with Crippen molar-refractivity contribution in [2.45, 2.75) is 25.4 Å². The average molecular weight is 358 g/mol. The van der Waals surface area contributed by atoms with Crippen LogP contribution in [0.3, 0.4) is 0 Å². The van der Waals surface area contributed by atoms with Crippen LogP contribution in [-0.2, 0) is 9.53 Å². The first kappa shape index (κ1) is 18.4. The molecule has 1 unspecified atom stereocenters. The van der Waals surface area contributed by atoms with E-state index in [-0.39, 0.29) is 30.5 Å². The second-order valence-electron chi connectivity index (χ2n) is 6.81. The highest BCUT2D eigenvalue weighted by atomic mass is 16.5. The minimum absolute atomic E-state index is 0.000119. The SMILES string of the molecule is CN[C@@H]1CN(C(=O)COC)CCC1NC(=O)c1cc2cc(C)ccc2[nH]1. The fourth-order valence-corrected chi connectivity index (χ4v) is 3.48. The van der Waals surface area contributed by atoms with E-state index >= 15 is 0 Å². The molecule has 26 heavy (non-hydrogen) atoms. The third kappa shape index (κ3) is 3.89. The van der Waals surface area contributed by atoms with Gasteiger partial charge in [0.05, 0.1) is 0 Å². The zero-order valence-electron chi connectivity index (χ0n) is 15.5. The van der Waals surface area contributed by atoms with Gasteiger partial charge in [0.1, 0.15) is 12.3 Å². The first-order chi connectivity index (χ1) is 12.5. The van der Waals surface area contributed by atoms with Gasteiger partial charge in [-0.2, -0.15) is 0 Å². The van der Waals surface area contributed by atoms with Gasteiger partial charge >= 0.3 is 0 Å². The van der Waals surface area contributed by atoms with Gasteiger partial charge in [0, 0.05) is 43.2 Å². The van der Waals surface area contributed by atoms with Crippen molar-refractivity contribution in [3.63, 3.8) is 0 Å². The van der Waals surface area contributed by atoms with Crippen molar-refractivity contribution in [2.24, 2.45) is 0 Å². The van der Waals surface area contributed by atoms with Gasteiger partial charge in [-0.3, -0.25) is 9.59 Å². The maximum atomic E-state index is 12.7. The number of nitrogens with one attached hydrogen (secondary N) is 3. The van der Waals surface area contributed by atoms with Crippen molar-refractivity contribution >= 4 is 22.7 Å². The molecule has 1 aromatic carbocycles. The van der Waals surface area contributed by atoms with Crippen LogP contribution in [0.1, 0.15) is 22.5 Å². The van der Waals surface area contributed by atoms with Crippen molar-refractivity contribution in [2.75, 3.05) is 33.9 Å². The Bertz CT molecular complexity index is 801. The van der Waals surface area contributed by atoms with E-state index in [0.29, 0.717) is 25.2 Å². The molecular formula is C19H26N4O3. The van der Waals surface area contributed by atoms with Crippen LogP contribution in [0.2, 0.25) is 0 Å². The summed E-state index contributed by atoms with van der Waals surface area (Å²) < 4.78 is 4.93. The first-order valence-corrected chi connectivity index (χ1v) is 8.86. The second kappa shape index (κ2) is 7.88. The summed E-state index contributed by atoms with van der Waals surface area (Å²) in [6, 6.07) is 7.90. The van der Waals surface area contributed by atoms with Crippen LogP contribution in [0.25, 0.3) is 10.9 Å². The summed E-state index contributed by atoms with van der Waals surface area (Å²) >= 11 is 0. The first-order valence-electron chi connectivity index (χ1n) is 8.86. The van der Waals surface area contributed by atoms with E-state index in [0.717, 1.165) is 16.5 Å². The van der Waals surface area contributed by atoms with Gasteiger partial charge < -0.3 is 25.3 Å². The number of H-pyrrole nitrogens is 1. The number of hydrogen-bond donors (Lipinski definition) is 3. The van der Waals surface area contributed by atoms with E-state index in [4.69, 9.17) is 4.74 Å². The number of benzene rings is 1. The number of hydrogen-bond acceptors (Lipinski definition) is 4. The van der Waals surface area contributed by atoms with Gasteiger partial charge in [0.15, 0.2) is 0 Å². The van der Waals surface area contributed by atoms with Gasteiger partial charge in [0.25, 0.3) is 5.91 Å². The van der Waals surface area contributed by atoms with Gasteiger partial charge in [-0.05, 0) is 38.6 Å². The van der Waals surface area contributed by atoms with Gasteiger partial charge in [0.2, 0.25) is 5.91 Å². The van der Waals surface area contributed by atoms with E-state index in [1.165, 1.54) is 7.11 Å². The smallest absolute Gasteiger partial charge is 0.268 e. The molecule has 3 rings (SSSR count). The number of aromatic nitrogens is 1. The predicted molar refractivity (Wildman–Crippen MR) is 100 cm³/mol. The van der Waals surface area contributed by atoms with Crippen LogP contribution in [-0.4, -0.2) is 67.6 Å². The monoisotopic (exact) mass is 358 g/mol. The minimum atomic E-state index is -0.124. The number of amides is 2. The maximum absolute atomic E-state index is 12.7. The van der Waals surface area contributed by atoms with Crippen LogP contribution in [0.5, 0.6) is 0 Å². The Balaban J connectivity index is 1.67. The molecule has 3 N–H and O–H groups in total.